The third-order valence-corrected chi connectivity index (χ3v) is 6.52. The van der Waals surface area contributed by atoms with Gasteiger partial charge in [-0.25, -0.2) is 13.4 Å². The van der Waals surface area contributed by atoms with E-state index in [2.05, 4.69) is 26.2 Å². The van der Waals surface area contributed by atoms with Crippen LogP contribution in [0.3, 0.4) is 0 Å². The van der Waals surface area contributed by atoms with E-state index in [1.165, 1.54) is 18.4 Å². The number of hydrogen-bond donors (Lipinski definition) is 1. The van der Waals surface area contributed by atoms with Gasteiger partial charge in [-0.2, -0.15) is 4.31 Å². The summed E-state index contributed by atoms with van der Waals surface area (Å²) in [6.45, 7) is 1.34. The van der Waals surface area contributed by atoms with Gasteiger partial charge in [-0.05, 0) is 55.0 Å². The molecule has 0 aliphatic carbocycles. The Kier molecular flexibility index (Phi) is 6.74. The summed E-state index contributed by atoms with van der Waals surface area (Å²) in [5.74, 6) is -0.0735. The van der Waals surface area contributed by atoms with E-state index in [4.69, 9.17) is 16.0 Å². The molecule has 1 N–H and O–H groups in total. The molecule has 0 aliphatic heterocycles. The second-order valence-corrected chi connectivity index (χ2v) is 9.42. The number of aromatic nitrogens is 1. The highest BCUT2D eigenvalue weighted by Crippen LogP contribution is 2.22. The molecule has 0 fully saturated rings. The lowest BCUT2D eigenvalue weighted by molar-refractivity contribution is -0.116. The summed E-state index contributed by atoms with van der Waals surface area (Å²) < 4.78 is 33.3. The highest BCUT2D eigenvalue weighted by atomic mass is 79.9. The quantitative estimate of drug-likeness (QED) is 0.492. The molecule has 2 aromatic heterocycles. The molecule has 7 nitrogen and oxygen atoms in total. The van der Waals surface area contributed by atoms with Crippen molar-refractivity contribution in [1.82, 2.24) is 9.29 Å². The maximum Gasteiger partial charge on any atom is 0.245 e. The summed E-state index contributed by atoms with van der Waals surface area (Å²) in [7, 11) is -4.01. The molecule has 0 bridgehead atoms. The van der Waals surface area contributed by atoms with Gasteiger partial charge in [0.05, 0.1) is 19.4 Å². The summed E-state index contributed by atoms with van der Waals surface area (Å²) in [4.78, 5) is 16.4. The molecule has 0 atom stereocenters. The first kappa shape index (κ1) is 21.5. The van der Waals surface area contributed by atoms with E-state index < -0.39 is 22.5 Å². The van der Waals surface area contributed by atoms with Crippen molar-refractivity contribution in [3.63, 3.8) is 0 Å². The second-order valence-electron chi connectivity index (χ2n) is 6.18. The molecule has 2 heterocycles. The number of sulfonamides is 1. The number of hydrogen-bond acceptors (Lipinski definition) is 5. The van der Waals surface area contributed by atoms with E-state index in [9.17, 15) is 13.2 Å². The average Bonchev–Trinajstić information content (AvgIpc) is 3.17. The third-order valence-electron chi connectivity index (χ3n) is 4.03. The largest absolute Gasteiger partial charge is 0.468 e. The van der Waals surface area contributed by atoms with Crippen molar-refractivity contribution >= 4 is 49.1 Å². The normalized spacial score (nSPS) is 11.6. The molecule has 0 saturated carbocycles. The van der Waals surface area contributed by atoms with Gasteiger partial charge in [0, 0.05) is 16.4 Å². The van der Waals surface area contributed by atoms with Crippen molar-refractivity contribution in [3.8, 4) is 0 Å². The summed E-state index contributed by atoms with van der Waals surface area (Å²) in [5.41, 5.74) is 1.44. The lowest BCUT2D eigenvalue weighted by atomic mass is 10.2. The standard InChI is InChI=1S/C19H17BrClN3O4S/c1-13-9-14(20)4-6-17(13)23-19(25)12-24(11-15-3-2-8-28-15)29(26,27)16-5-7-18(21)22-10-16/h2-10H,11-12H2,1H3,(H,23,25). The Labute approximate surface area is 181 Å². The van der Waals surface area contributed by atoms with Gasteiger partial charge in [-0.1, -0.05) is 27.5 Å². The topological polar surface area (TPSA) is 92.5 Å². The van der Waals surface area contributed by atoms with Gasteiger partial charge < -0.3 is 9.73 Å². The molecular formula is C19H17BrClN3O4S. The molecule has 1 aromatic carbocycles. The van der Waals surface area contributed by atoms with Crippen LogP contribution in [0, 0.1) is 6.92 Å². The van der Waals surface area contributed by atoms with Gasteiger partial charge in [0.1, 0.15) is 15.8 Å². The maximum atomic E-state index is 13.1. The Morgan fingerprint density at radius 1 is 1.28 bits per heavy atom. The zero-order chi connectivity index (χ0) is 21.0. The smallest absolute Gasteiger partial charge is 0.245 e. The number of benzene rings is 1. The first-order valence-electron chi connectivity index (χ1n) is 8.46. The monoisotopic (exact) mass is 497 g/mol. The van der Waals surface area contributed by atoms with E-state index in [1.54, 1.807) is 24.3 Å². The summed E-state index contributed by atoms with van der Waals surface area (Å²) in [5, 5.41) is 2.92. The lowest BCUT2D eigenvalue weighted by Gasteiger charge is -2.21. The first-order valence-corrected chi connectivity index (χ1v) is 11.1. The fraction of sp³-hybridized carbons (Fsp3) is 0.158. The third kappa shape index (κ3) is 5.45. The molecule has 3 aromatic rings. The van der Waals surface area contributed by atoms with E-state index in [1.807, 2.05) is 13.0 Å². The zero-order valence-electron chi connectivity index (χ0n) is 15.3. The van der Waals surface area contributed by atoms with Crippen LogP contribution in [-0.2, 0) is 21.4 Å². The van der Waals surface area contributed by atoms with Gasteiger partial charge in [-0.3, -0.25) is 4.79 Å². The van der Waals surface area contributed by atoms with E-state index in [-0.39, 0.29) is 16.6 Å². The summed E-state index contributed by atoms with van der Waals surface area (Å²) in [6, 6.07) is 11.4. The number of furan rings is 1. The van der Waals surface area contributed by atoms with Crippen LogP contribution < -0.4 is 5.32 Å². The fourth-order valence-electron chi connectivity index (χ4n) is 2.58. The van der Waals surface area contributed by atoms with Crippen LogP contribution >= 0.6 is 27.5 Å². The van der Waals surface area contributed by atoms with Crippen LogP contribution in [0.1, 0.15) is 11.3 Å². The Morgan fingerprint density at radius 3 is 2.69 bits per heavy atom. The van der Waals surface area contributed by atoms with Gasteiger partial charge in [-0.15, -0.1) is 0 Å². The van der Waals surface area contributed by atoms with Crippen LogP contribution in [0.25, 0.3) is 0 Å². The minimum absolute atomic E-state index is 0.0684. The van der Waals surface area contributed by atoms with Gasteiger partial charge in [0.2, 0.25) is 15.9 Å². The molecule has 29 heavy (non-hydrogen) atoms. The molecule has 0 aliphatic rings. The lowest BCUT2D eigenvalue weighted by Crippen LogP contribution is -2.37. The Hall–Kier alpha value is -2.20. The number of carbonyl (C=O) groups excluding carboxylic acids is 1. The number of pyridine rings is 1. The highest BCUT2D eigenvalue weighted by molar-refractivity contribution is 9.10. The van der Waals surface area contributed by atoms with Gasteiger partial charge in [0.15, 0.2) is 0 Å². The van der Waals surface area contributed by atoms with Gasteiger partial charge in [0.25, 0.3) is 0 Å². The van der Waals surface area contributed by atoms with Crippen LogP contribution in [0.2, 0.25) is 5.15 Å². The number of rotatable bonds is 7. The minimum Gasteiger partial charge on any atom is -0.468 e. The van der Waals surface area contributed by atoms with E-state index in [0.717, 1.165) is 20.5 Å². The van der Waals surface area contributed by atoms with E-state index in [0.29, 0.717) is 11.4 Å². The van der Waals surface area contributed by atoms with Crippen molar-refractivity contribution in [2.45, 2.75) is 18.4 Å². The van der Waals surface area contributed by atoms with Gasteiger partial charge >= 0.3 is 0 Å². The molecule has 10 heteroatoms. The van der Waals surface area contributed by atoms with Crippen LogP contribution in [-0.4, -0.2) is 30.2 Å². The minimum atomic E-state index is -4.01. The summed E-state index contributed by atoms with van der Waals surface area (Å²) in [6.07, 6.45) is 2.60. The molecule has 0 unspecified atom stereocenters. The fourth-order valence-corrected chi connectivity index (χ4v) is 4.48. The molecule has 0 spiro atoms. The molecule has 152 valence electrons. The molecule has 3 rings (SSSR count). The number of aryl methyl sites for hydroxylation is 1. The number of nitrogens with one attached hydrogen (secondary N) is 1. The molecule has 0 radical (unpaired) electrons. The van der Waals surface area contributed by atoms with E-state index >= 15 is 0 Å². The van der Waals surface area contributed by atoms with Crippen molar-refractivity contribution in [2.24, 2.45) is 0 Å². The number of amides is 1. The number of nitrogens with zero attached hydrogens (tertiary/aromatic N) is 2. The number of anilines is 1. The maximum absolute atomic E-state index is 13.1. The second kappa shape index (κ2) is 9.08. The first-order chi connectivity index (χ1) is 13.8. The highest BCUT2D eigenvalue weighted by Gasteiger charge is 2.28. The number of carbonyl (C=O) groups is 1. The van der Waals surface area contributed by atoms with Crippen LogP contribution in [0.4, 0.5) is 5.69 Å². The van der Waals surface area contributed by atoms with Crippen molar-refractivity contribution < 1.29 is 17.6 Å². The Morgan fingerprint density at radius 2 is 2.07 bits per heavy atom. The number of halogens is 2. The Bertz CT molecular complexity index is 1100. The van der Waals surface area contributed by atoms with Crippen LogP contribution in [0.15, 0.2) is 68.7 Å². The Balaban J connectivity index is 1.85. The van der Waals surface area contributed by atoms with Crippen LogP contribution in [0.5, 0.6) is 0 Å². The molecule has 0 saturated heterocycles. The molecule has 1 amide bonds. The predicted octanol–water partition coefficient (Wildman–Crippen LogP) is 4.23. The predicted molar refractivity (Wildman–Crippen MR) is 113 cm³/mol. The van der Waals surface area contributed by atoms with Crippen molar-refractivity contribution in [2.75, 3.05) is 11.9 Å². The SMILES string of the molecule is Cc1cc(Br)ccc1NC(=O)CN(Cc1ccco1)S(=O)(=O)c1ccc(Cl)nc1. The zero-order valence-corrected chi connectivity index (χ0v) is 18.5. The summed E-state index contributed by atoms with van der Waals surface area (Å²) >= 11 is 9.12. The van der Waals surface area contributed by atoms with Crippen molar-refractivity contribution in [1.29, 1.82) is 0 Å². The van der Waals surface area contributed by atoms with Crippen molar-refractivity contribution in [3.05, 3.63) is 75.9 Å². The molecular weight excluding hydrogens is 482 g/mol. The average molecular weight is 499 g/mol.